The van der Waals surface area contributed by atoms with Crippen LogP contribution in [-0.4, -0.2) is 6.18 Å². The quantitative estimate of drug-likeness (QED) is 0.348. The summed E-state index contributed by atoms with van der Waals surface area (Å²) in [6, 6.07) is 0. The van der Waals surface area contributed by atoms with Crippen molar-refractivity contribution in [2.75, 3.05) is 0 Å². The number of allylic oxidation sites excluding steroid dienone is 1. The van der Waals surface area contributed by atoms with E-state index in [2.05, 4.69) is 0 Å². The van der Waals surface area contributed by atoms with Gasteiger partial charge in [-0.25, -0.2) is 0 Å². The second-order valence-electron chi connectivity index (χ2n) is 1.07. The van der Waals surface area contributed by atoms with Crippen LogP contribution in [0.2, 0.25) is 0 Å². The molecule has 0 aliphatic rings. The highest BCUT2D eigenvalue weighted by atomic mass is 19.4. The molecule has 0 heterocycles. The second kappa shape index (κ2) is 4.91. The van der Waals surface area contributed by atoms with Crippen LogP contribution in [0.4, 0.5) is 26.3 Å². The molecule has 0 radical (unpaired) electrons. The molecule has 0 aromatic heterocycles. The van der Waals surface area contributed by atoms with Crippen LogP contribution in [0.1, 0.15) is 0 Å². The summed E-state index contributed by atoms with van der Waals surface area (Å²) < 4.78 is 64.8. The fourth-order valence-corrected chi connectivity index (χ4v) is 0.107. The van der Waals surface area contributed by atoms with Gasteiger partial charge in [-0.1, -0.05) is 0 Å². The van der Waals surface area contributed by atoms with Crippen LogP contribution in [-0.2, 0) is 0 Å². The Morgan fingerprint density at radius 1 is 0.818 bits per heavy atom. The number of halogens is 8. The van der Waals surface area contributed by atoms with Crippen molar-refractivity contribution in [2.45, 2.75) is 6.18 Å². The maximum Gasteiger partial charge on any atom is 0.448 e. The topological polar surface area (TPSA) is 0 Å². The Labute approximate surface area is 55.2 Å². The van der Waals surface area contributed by atoms with Gasteiger partial charge in [-0.2, -0.15) is 26.3 Å². The lowest BCUT2D eigenvalue weighted by molar-refractivity contribution is -0.113. The number of rotatable bonds is 0. The van der Waals surface area contributed by atoms with Crippen molar-refractivity contribution in [1.29, 1.82) is 0 Å². The molecule has 0 saturated heterocycles. The Hall–Kier alpha value is -0.820. The van der Waals surface area contributed by atoms with Crippen molar-refractivity contribution >= 4 is 0 Å². The van der Waals surface area contributed by atoms with Crippen molar-refractivity contribution in [1.82, 2.24) is 0 Å². The molecule has 0 rings (SSSR count). The van der Waals surface area contributed by atoms with Crippen LogP contribution in [0.3, 0.4) is 0 Å². The molecule has 0 unspecified atom stereocenters. The lowest BCUT2D eigenvalue weighted by Gasteiger charge is -1.98. The van der Waals surface area contributed by atoms with Crippen LogP contribution in [0.25, 0.3) is 0 Å². The Morgan fingerprint density at radius 3 is 1.09 bits per heavy atom. The third-order valence-electron chi connectivity index (χ3n) is 0.415. The Morgan fingerprint density at radius 2 is 1.09 bits per heavy atom. The molecule has 0 N–H and O–H groups in total. The van der Waals surface area contributed by atoms with Gasteiger partial charge < -0.3 is 9.41 Å². The van der Waals surface area contributed by atoms with E-state index in [1.807, 2.05) is 0 Å². The summed E-state index contributed by atoms with van der Waals surface area (Å²) in [6.07, 6.45) is -8.90. The molecule has 0 fully saturated rings. The van der Waals surface area contributed by atoms with E-state index in [0.717, 1.165) is 0 Å². The van der Waals surface area contributed by atoms with Gasteiger partial charge in [0, 0.05) is 0 Å². The lowest BCUT2D eigenvalue weighted by Crippen LogP contribution is -3.00. The normalized spacial score (nSPS) is 9.27. The summed E-state index contributed by atoms with van der Waals surface area (Å²) in [5.41, 5.74) is 0. The minimum absolute atomic E-state index is 0. The molecule has 0 bridgehead atoms. The standard InChI is InChI=1S/C3F6.2FH/c4-1(2(5)6)3(7,8)9;;/h;2*1H/p-2. The maximum absolute atomic E-state index is 11.0. The van der Waals surface area contributed by atoms with Gasteiger partial charge in [-0.05, 0) is 0 Å². The first-order valence-corrected chi connectivity index (χ1v) is 1.63. The summed E-state index contributed by atoms with van der Waals surface area (Å²) in [7, 11) is 0. The van der Waals surface area contributed by atoms with E-state index in [1.165, 1.54) is 0 Å². The van der Waals surface area contributed by atoms with Gasteiger partial charge in [0.05, 0.1) is 0 Å². The Balaban J connectivity index is -0.000000320. The van der Waals surface area contributed by atoms with Crippen molar-refractivity contribution < 1.29 is 35.8 Å². The van der Waals surface area contributed by atoms with Gasteiger partial charge in [0.2, 0.25) is 0 Å². The maximum atomic E-state index is 11.0. The monoisotopic (exact) mass is 188 g/mol. The van der Waals surface area contributed by atoms with Gasteiger partial charge >= 0.3 is 12.3 Å². The molecule has 0 amide bonds. The summed E-state index contributed by atoms with van der Waals surface area (Å²) in [4.78, 5) is 0. The number of alkyl halides is 3. The van der Waals surface area contributed by atoms with Gasteiger partial charge in [-0.15, -0.1) is 0 Å². The molecule has 8 heteroatoms. The van der Waals surface area contributed by atoms with Gasteiger partial charge in [-0.3, -0.25) is 0 Å². The molecule has 11 heavy (non-hydrogen) atoms. The van der Waals surface area contributed by atoms with E-state index in [9.17, 15) is 26.3 Å². The van der Waals surface area contributed by atoms with Crippen molar-refractivity contribution in [3.05, 3.63) is 11.9 Å². The largest absolute Gasteiger partial charge is 1.00 e. The molecule has 0 atom stereocenters. The fraction of sp³-hybridized carbons (Fsp3) is 0.333. The van der Waals surface area contributed by atoms with E-state index >= 15 is 0 Å². The first kappa shape index (κ1) is 16.6. The van der Waals surface area contributed by atoms with E-state index in [4.69, 9.17) is 0 Å². The summed E-state index contributed by atoms with van der Waals surface area (Å²) >= 11 is 0. The highest BCUT2D eigenvalue weighted by molar-refractivity contribution is 4.98. The Kier molecular flexibility index (Phi) is 7.43. The fourth-order valence-electron chi connectivity index (χ4n) is 0.107. The van der Waals surface area contributed by atoms with E-state index in [0.29, 0.717) is 0 Å². The third kappa shape index (κ3) is 5.62. The van der Waals surface area contributed by atoms with Crippen LogP contribution < -0.4 is 9.41 Å². The first-order valence-electron chi connectivity index (χ1n) is 1.63. The van der Waals surface area contributed by atoms with Crippen molar-refractivity contribution in [2.24, 2.45) is 0 Å². The third-order valence-corrected chi connectivity index (χ3v) is 0.415. The molecular weight excluding hydrogens is 188 g/mol. The SMILES string of the molecule is FC(F)=C(F)C(F)(F)F.[F-].[F-]. The zero-order valence-electron chi connectivity index (χ0n) is 4.52. The zero-order valence-corrected chi connectivity index (χ0v) is 4.52. The molecule has 0 aromatic carbocycles. The molecular formula is C3F8-2. The molecule has 0 spiro atoms. The molecule has 0 aromatic rings. The lowest BCUT2D eigenvalue weighted by atomic mass is 10.6. The van der Waals surface area contributed by atoms with E-state index in [-0.39, 0.29) is 9.41 Å². The number of hydrogen-bond acceptors (Lipinski definition) is 0. The molecule has 70 valence electrons. The van der Waals surface area contributed by atoms with Crippen LogP contribution in [0.5, 0.6) is 0 Å². The highest BCUT2D eigenvalue weighted by Crippen LogP contribution is 2.29. The van der Waals surface area contributed by atoms with Crippen LogP contribution in [0, 0.1) is 0 Å². The van der Waals surface area contributed by atoms with Gasteiger partial charge in [0.15, 0.2) is 0 Å². The Bertz CT molecular complexity index is 127. The van der Waals surface area contributed by atoms with Gasteiger partial charge in [0.25, 0.3) is 5.83 Å². The highest BCUT2D eigenvalue weighted by Gasteiger charge is 2.38. The molecule has 0 nitrogen and oxygen atoms in total. The minimum Gasteiger partial charge on any atom is -1.00 e. The average molecular weight is 188 g/mol. The predicted molar refractivity (Wildman–Crippen MR) is 16.4 cm³/mol. The molecule has 0 aliphatic heterocycles. The molecule has 0 aliphatic carbocycles. The second-order valence-corrected chi connectivity index (χ2v) is 1.07. The summed E-state index contributed by atoms with van der Waals surface area (Å²) in [6.45, 7) is 0. The minimum atomic E-state index is -5.56. The van der Waals surface area contributed by atoms with Crippen LogP contribution >= 0.6 is 0 Å². The van der Waals surface area contributed by atoms with Crippen molar-refractivity contribution in [3.63, 3.8) is 0 Å². The predicted octanol–water partition coefficient (Wildman–Crippen LogP) is -3.37. The smallest absolute Gasteiger partial charge is 0.448 e. The number of hydrogen-bond donors (Lipinski definition) is 0. The summed E-state index contributed by atoms with van der Waals surface area (Å²) in [5, 5.41) is 0. The van der Waals surface area contributed by atoms with Gasteiger partial charge in [0.1, 0.15) is 0 Å². The van der Waals surface area contributed by atoms with E-state index < -0.39 is 18.1 Å². The first-order chi connectivity index (χ1) is 3.85. The van der Waals surface area contributed by atoms with E-state index in [1.54, 1.807) is 0 Å². The summed E-state index contributed by atoms with van der Waals surface area (Å²) in [5.74, 6) is -3.33. The zero-order chi connectivity index (χ0) is 7.65. The molecule has 0 saturated carbocycles. The average Bonchev–Trinajstić information content (AvgIpc) is 1.62. The van der Waals surface area contributed by atoms with Crippen molar-refractivity contribution in [3.8, 4) is 0 Å². The van der Waals surface area contributed by atoms with Crippen LogP contribution in [0.15, 0.2) is 11.9 Å².